The number of anilines is 3. The van der Waals surface area contributed by atoms with E-state index in [4.69, 9.17) is 11.6 Å². The van der Waals surface area contributed by atoms with Crippen LogP contribution in [0, 0.1) is 13.8 Å². The fourth-order valence-electron chi connectivity index (χ4n) is 2.59. The highest BCUT2D eigenvalue weighted by Gasteiger charge is 2.15. The van der Waals surface area contributed by atoms with Crippen LogP contribution in [0.25, 0.3) is 0 Å². The zero-order valence-corrected chi connectivity index (χ0v) is 13.1. The quantitative estimate of drug-likeness (QED) is 0.927. The first-order valence-electron chi connectivity index (χ1n) is 7.25. The summed E-state index contributed by atoms with van der Waals surface area (Å²) in [5, 5.41) is 4.07. The minimum absolute atomic E-state index is 0.716. The molecular formula is C16H19ClN4. The van der Waals surface area contributed by atoms with Crippen molar-refractivity contribution in [3.05, 3.63) is 40.7 Å². The highest BCUT2D eigenvalue weighted by Crippen LogP contribution is 2.26. The summed E-state index contributed by atoms with van der Waals surface area (Å²) in [6.07, 6.45) is 2.47. The zero-order valence-electron chi connectivity index (χ0n) is 12.4. The van der Waals surface area contributed by atoms with Gasteiger partial charge < -0.3 is 10.2 Å². The van der Waals surface area contributed by atoms with E-state index in [0.717, 1.165) is 41.8 Å². The van der Waals surface area contributed by atoms with Crippen molar-refractivity contribution < 1.29 is 0 Å². The fraction of sp³-hybridized carbons (Fsp3) is 0.375. The molecule has 1 aliphatic heterocycles. The molecule has 2 heterocycles. The molecular weight excluding hydrogens is 284 g/mol. The van der Waals surface area contributed by atoms with Crippen LogP contribution in [0.4, 0.5) is 17.3 Å². The SMILES string of the molecule is Cc1nc(Nc2cc(Cl)ccc2C)cc(N2CCCC2)n1. The predicted octanol–water partition coefficient (Wildman–Crippen LogP) is 4.09. The van der Waals surface area contributed by atoms with Crippen LogP contribution in [0.15, 0.2) is 24.3 Å². The smallest absolute Gasteiger partial charge is 0.136 e. The van der Waals surface area contributed by atoms with Gasteiger partial charge in [-0.3, -0.25) is 0 Å². The van der Waals surface area contributed by atoms with Gasteiger partial charge in [0.2, 0.25) is 0 Å². The first kappa shape index (κ1) is 14.1. The maximum Gasteiger partial charge on any atom is 0.136 e. The molecule has 1 aromatic carbocycles. The molecule has 0 aliphatic carbocycles. The Hall–Kier alpha value is -1.81. The zero-order chi connectivity index (χ0) is 14.8. The number of halogens is 1. The first-order chi connectivity index (χ1) is 10.1. The van der Waals surface area contributed by atoms with Crippen LogP contribution < -0.4 is 10.2 Å². The molecule has 0 atom stereocenters. The summed E-state index contributed by atoms with van der Waals surface area (Å²) < 4.78 is 0. The number of rotatable bonds is 3. The summed E-state index contributed by atoms with van der Waals surface area (Å²) in [6.45, 7) is 6.13. The average Bonchev–Trinajstić information content (AvgIpc) is 2.96. The van der Waals surface area contributed by atoms with E-state index in [1.54, 1.807) is 0 Å². The van der Waals surface area contributed by atoms with Crippen molar-refractivity contribution in [1.29, 1.82) is 0 Å². The molecule has 5 heteroatoms. The second-order valence-corrected chi connectivity index (χ2v) is 5.87. The third-order valence-corrected chi connectivity index (χ3v) is 3.95. The van der Waals surface area contributed by atoms with E-state index in [1.165, 1.54) is 12.8 Å². The summed E-state index contributed by atoms with van der Waals surface area (Å²) in [6, 6.07) is 7.82. The van der Waals surface area contributed by atoms with Gasteiger partial charge in [-0.15, -0.1) is 0 Å². The van der Waals surface area contributed by atoms with Crippen molar-refractivity contribution in [3.8, 4) is 0 Å². The average molecular weight is 303 g/mol. The van der Waals surface area contributed by atoms with Gasteiger partial charge in [-0.25, -0.2) is 9.97 Å². The fourth-order valence-corrected chi connectivity index (χ4v) is 2.76. The van der Waals surface area contributed by atoms with Gasteiger partial charge in [-0.05, 0) is 44.4 Å². The van der Waals surface area contributed by atoms with Crippen molar-refractivity contribution in [1.82, 2.24) is 9.97 Å². The van der Waals surface area contributed by atoms with Crippen LogP contribution in [0.3, 0.4) is 0 Å². The predicted molar refractivity (Wildman–Crippen MR) is 87.7 cm³/mol. The van der Waals surface area contributed by atoms with Crippen LogP contribution >= 0.6 is 11.6 Å². The summed E-state index contributed by atoms with van der Waals surface area (Å²) in [7, 11) is 0. The topological polar surface area (TPSA) is 41.1 Å². The molecule has 4 nitrogen and oxygen atoms in total. The van der Waals surface area contributed by atoms with E-state index >= 15 is 0 Å². The number of hydrogen-bond donors (Lipinski definition) is 1. The molecule has 3 rings (SSSR count). The van der Waals surface area contributed by atoms with E-state index in [9.17, 15) is 0 Å². The van der Waals surface area contributed by atoms with Crippen LogP contribution in [0.5, 0.6) is 0 Å². The molecule has 1 aliphatic rings. The van der Waals surface area contributed by atoms with Crippen molar-refractivity contribution in [2.24, 2.45) is 0 Å². The van der Waals surface area contributed by atoms with Crippen LogP contribution in [0.1, 0.15) is 24.2 Å². The lowest BCUT2D eigenvalue weighted by Gasteiger charge is -2.18. The minimum atomic E-state index is 0.716. The maximum absolute atomic E-state index is 6.07. The van der Waals surface area contributed by atoms with Gasteiger partial charge in [0.25, 0.3) is 0 Å². The molecule has 0 saturated carbocycles. The van der Waals surface area contributed by atoms with Gasteiger partial charge in [0.05, 0.1) is 0 Å². The molecule has 1 aromatic heterocycles. The third kappa shape index (κ3) is 3.27. The number of aromatic nitrogens is 2. The Bertz CT molecular complexity index is 651. The van der Waals surface area contributed by atoms with Gasteiger partial charge in [-0.1, -0.05) is 17.7 Å². The monoisotopic (exact) mass is 302 g/mol. The summed E-state index contributed by atoms with van der Waals surface area (Å²) >= 11 is 6.07. The Balaban J connectivity index is 1.89. The number of aryl methyl sites for hydroxylation is 2. The Morgan fingerprint density at radius 3 is 2.62 bits per heavy atom. The molecule has 0 amide bonds. The largest absolute Gasteiger partial charge is 0.356 e. The summed E-state index contributed by atoms with van der Waals surface area (Å²) in [4.78, 5) is 11.3. The molecule has 0 spiro atoms. The molecule has 1 saturated heterocycles. The lowest BCUT2D eigenvalue weighted by molar-refractivity contribution is 0.911. The molecule has 110 valence electrons. The minimum Gasteiger partial charge on any atom is -0.356 e. The Kier molecular flexibility index (Phi) is 3.97. The molecule has 0 unspecified atom stereocenters. The number of hydrogen-bond acceptors (Lipinski definition) is 4. The highest BCUT2D eigenvalue weighted by atomic mass is 35.5. The third-order valence-electron chi connectivity index (χ3n) is 3.72. The van der Waals surface area contributed by atoms with Gasteiger partial charge in [0, 0.05) is 29.9 Å². The molecule has 1 fully saturated rings. The van der Waals surface area contributed by atoms with Crippen molar-refractivity contribution in [3.63, 3.8) is 0 Å². The summed E-state index contributed by atoms with van der Waals surface area (Å²) in [5.74, 6) is 2.60. The van der Waals surface area contributed by atoms with Gasteiger partial charge in [0.1, 0.15) is 17.5 Å². The second kappa shape index (κ2) is 5.90. The van der Waals surface area contributed by atoms with Gasteiger partial charge in [0.15, 0.2) is 0 Å². The molecule has 21 heavy (non-hydrogen) atoms. The van der Waals surface area contributed by atoms with E-state index in [-0.39, 0.29) is 0 Å². The van der Waals surface area contributed by atoms with E-state index < -0.39 is 0 Å². The van der Waals surface area contributed by atoms with Gasteiger partial charge in [-0.2, -0.15) is 0 Å². The Morgan fingerprint density at radius 1 is 1.10 bits per heavy atom. The first-order valence-corrected chi connectivity index (χ1v) is 7.63. The Labute approximate surface area is 130 Å². The number of nitrogens with zero attached hydrogens (tertiary/aromatic N) is 3. The lowest BCUT2D eigenvalue weighted by Crippen LogP contribution is -2.19. The number of benzene rings is 1. The van der Waals surface area contributed by atoms with Crippen molar-refractivity contribution in [2.75, 3.05) is 23.3 Å². The lowest BCUT2D eigenvalue weighted by atomic mass is 10.2. The van der Waals surface area contributed by atoms with Crippen LogP contribution in [0.2, 0.25) is 5.02 Å². The number of nitrogens with one attached hydrogen (secondary N) is 1. The normalized spacial score (nSPS) is 14.5. The van der Waals surface area contributed by atoms with Crippen LogP contribution in [-0.2, 0) is 0 Å². The molecule has 0 bridgehead atoms. The highest BCUT2D eigenvalue weighted by molar-refractivity contribution is 6.30. The van der Waals surface area contributed by atoms with E-state index in [1.807, 2.05) is 38.1 Å². The summed E-state index contributed by atoms with van der Waals surface area (Å²) in [5.41, 5.74) is 2.12. The molecule has 2 aromatic rings. The van der Waals surface area contributed by atoms with Gasteiger partial charge >= 0.3 is 0 Å². The molecule has 0 radical (unpaired) electrons. The Morgan fingerprint density at radius 2 is 1.86 bits per heavy atom. The second-order valence-electron chi connectivity index (χ2n) is 5.44. The van der Waals surface area contributed by atoms with Crippen LogP contribution in [-0.4, -0.2) is 23.1 Å². The molecule has 1 N–H and O–H groups in total. The van der Waals surface area contributed by atoms with E-state index in [0.29, 0.717) is 5.02 Å². The van der Waals surface area contributed by atoms with E-state index in [2.05, 4.69) is 20.2 Å². The van der Waals surface area contributed by atoms with Crippen molar-refractivity contribution in [2.45, 2.75) is 26.7 Å². The van der Waals surface area contributed by atoms with Crippen molar-refractivity contribution >= 4 is 28.9 Å². The standard InChI is InChI=1S/C16H19ClN4/c1-11-5-6-13(17)9-14(11)20-15-10-16(19-12(2)18-15)21-7-3-4-8-21/h5-6,9-10H,3-4,7-8H2,1-2H3,(H,18,19,20). The maximum atomic E-state index is 6.07.